The van der Waals surface area contributed by atoms with Crippen LogP contribution in [-0.2, 0) is 12.8 Å². The van der Waals surface area contributed by atoms with Crippen molar-refractivity contribution >= 4 is 0 Å². The number of aryl methyl sites for hydroxylation is 1. The molecule has 1 aromatic carbocycles. The molecule has 2 nitrogen and oxygen atoms in total. The van der Waals surface area contributed by atoms with Crippen LogP contribution in [0.1, 0.15) is 23.1 Å². The van der Waals surface area contributed by atoms with Crippen molar-refractivity contribution in [3.63, 3.8) is 0 Å². The van der Waals surface area contributed by atoms with Gasteiger partial charge in [-0.05, 0) is 37.9 Å². The van der Waals surface area contributed by atoms with Crippen molar-refractivity contribution in [1.29, 1.82) is 5.26 Å². The van der Waals surface area contributed by atoms with Crippen LogP contribution in [0, 0.1) is 18.3 Å². The monoisotopic (exact) mass is 214 g/mol. The summed E-state index contributed by atoms with van der Waals surface area (Å²) < 4.78 is 0. The molecule has 0 saturated carbocycles. The summed E-state index contributed by atoms with van der Waals surface area (Å²) in [7, 11) is 2.13. The van der Waals surface area contributed by atoms with Crippen molar-refractivity contribution in [3.8, 4) is 6.07 Å². The lowest BCUT2D eigenvalue weighted by Gasteiger charge is -2.22. The minimum atomic E-state index is 0.588. The molecule has 0 spiro atoms. The van der Waals surface area contributed by atoms with Gasteiger partial charge in [-0.1, -0.05) is 23.8 Å². The molecule has 0 N–H and O–H groups in total. The molecule has 84 valence electrons. The van der Waals surface area contributed by atoms with Gasteiger partial charge < -0.3 is 4.90 Å². The van der Waals surface area contributed by atoms with Gasteiger partial charge in [0.1, 0.15) is 0 Å². The molecule has 1 unspecified atom stereocenters. The number of benzene rings is 1. The molecule has 0 aromatic heterocycles. The number of hydrogen-bond acceptors (Lipinski definition) is 2. The van der Waals surface area contributed by atoms with Gasteiger partial charge in [0.2, 0.25) is 0 Å². The number of rotatable bonds is 3. The molecule has 2 rings (SSSR count). The van der Waals surface area contributed by atoms with E-state index in [4.69, 9.17) is 5.26 Å². The van der Waals surface area contributed by atoms with E-state index in [0.29, 0.717) is 12.5 Å². The summed E-state index contributed by atoms with van der Waals surface area (Å²) >= 11 is 0. The average Bonchev–Trinajstić information content (AvgIpc) is 2.68. The third-order valence-corrected chi connectivity index (χ3v) is 3.47. The standard InChI is InChI=1S/C14H18N2/c1-11-4-5-12-9-14(10-13(12)8-11)16(2)7-3-6-15/h4-5,8,14H,3,7,9-10H2,1-2H3. The van der Waals surface area contributed by atoms with Gasteiger partial charge in [-0.3, -0.25) is 0 Å². The van der Waals surface area contributed by atoms with Gasteiger partial charge in [0, 0.05) is 19.0 Å². The van der Waals surface area contributed by atoms with Crippen molar-refractivity contribution in [2.75, 3.05) is 13.6 Å². The first-order chi connectivity index (χ1) is 7.70. The third kappa shape index (κ3) is 2.25. The molecule has 1 aromatic rings. The van der Waals surface area contributed by atoms with Crippen LogP contribution >= 0.6 is 0 Å². The molecule has 0 fully saturated rings. The summed E-state index contributed by atoms with van der Waals surface area (Å²) in [6.45, 7) is 3.03. The van der Waals surface area contributed by atoms with Gasteiger partial charge in [-0.2, -0.15) is 5.26 Å². The summed E-state index contributed by atoms with van der Waals surface area (Å²) in [5.41, 5.74) is 4.33. The van der Waals surface area contributed by atoms with Gasteiger partial charge in [0.25, 0.3) is 0 Å². The highest BCUT2D eigenvalue weighted by Crippen LogP contribution is 2.25. The molecule has 1 aliphatic rings. The van der Waals surface area contributed by atoms with Crippen LogP contribution in [0.25, 0.3) is 0 Å². The molecule has 1 aliphatic carbocycles. The maximum atomic E-state index is 8.59. The first-order valence-electron chi connectivity index (χ1n) is 5.86. The first-order valence-corrected chi connectivity index (χ1v) is 5.86. The van der Waals surface area contributed by atoms with Gasteiger partial charge in [0.05, 0.1) is 6.07 Å². The molecule has 0 saturated heterocycles. The Kier molecular flexibility index (Phi) is 3.26. The van der Waals surface area contributed by atoms with Crippen LogP contribution in [0.3, 0.4) is 0 Å². The lowest BCUT2D eigenvalue weighted by Crippen LogP contribution is -2.32. The van der Waals surface area contributed by atoms with Gasteiger partial charge in [-0.25, -0.2) is 0 Å². The molecular formula is C14H18N2. The first kappa shape index (κ1) is 11.2. The molecule has 0 heterocycles. The highest BCUT2D eigenvalue weighted by molar-refractivity contribution is 5.36. The Labute approximate surface area is 97.5 Å². The zero-order valence-corrected chi connectivity index (χ0v) is 10.0. The fraction of sp³-hybridized carbons (Fsp3) is 0.500. The summed E-state index contributed by atoms with van der Waals surface area (Å²) in [5, 5.41) is 8.59. The Balaban J connectivity index is 2.02. The zero-order chi connectivity index (χ0) is 11.5. The second-order valence-electron chi connectivity index (χ2n) is 4.72. The number of hydrogen-bond donors (Lipinski definition) is 0. The number of fused-ring (bicyclic) bond motifs is 1. The lowest BCUT2D eigenvalue weighted by atomic mass is 10.1. The SMILES string of the molecule is Cc1ccc2c(c1)CC(N(C)CCC#N)C2. The molecule has 0 radical (unpaired) electrons. The maximum Gasteiger partial charge on any atom is 0.0635 e. The van der Waals surface area contributed by atoms with E-state index in [0.717, 1.165) is 19.4 Å². The largest absolute Gasteiger partial charge is 0.302 e. The number of nitrogens with zero attached hydrogens (tertiary/aromatic N) is 2. The van der Waals surface area contributed by atoms with Crippen LogP contribution in [0.4, 0.5) is 0 Å². The molecule has 0 bridgehead atoms. The molecule has 2 heteroatoms. The highest BCUT2D eigenvalue weighted by atomic mass is 15.1. The van der Waals surface area contributed by atoms with Crippen LogP contribution in [-0.4, -0.2) is 24.5 Å². The Morgan fingerprint density at radius 1 is 1.38 bits per heavy atom. The van der Waals surface area contributed by atoms with E-state index in [9.17, 15) is 0 Å². The van der Waals surface area contributed by atoms with E-state index in [1.54, 1.807) is 0 Å². The van der Waals surface area contributed by atoms with E-state index in [2.05, 4.69) is 43.1 Å². The quantitative estimate of drug-likeness (QED) is 0.772. The van der Waals surface area contributed by atoms with Gasteiger partial charge in [0.15, 0.2) is 0 Å². The van der Waals surface area contributed by atoms with E-state index >= 15 is 0 Å². The lowest BCUT2D eigenvalue weighted by molar-refractivity contribution is 0.254. The van der Waals surface area contributed by atoms with Crippen molar-refractivity contribution in [2.45, 2.75) is 32.2 Å². The Bertz CT molecular complexity index is 417. The maximum absolute atomic E-state index is 8.59. The molecule has 0 aliphatic heterocycles. The molecule has 1 atom stereocenters. The average molecular weight is 214 g/mol. The van der Waals surface area contributed by atoms with E-state index in [1.165, 1.54) is 16.7 Å². The van der Waals surface area contributed by atoms with E-state index < -0.39 is 0 Å². The Hall–Kier alpha value is -1.33. The summed E-state index contributed by atoms with van der Waals surface area (Å²) in [4.78, 5) is 2.32. The second kappa shape index (κ2) is 4.67. The predicted molar refractivity (Wildman–Crippen MR) is 65.2 cm³/mol. The zero-order valence-electron chi connectivity index (χ0n) is 10.0. The normalized spacial score (nSPS) is 18.5. The van der Waals surface area contributed by atoms with Gasteiger partial charge in [-0.15, -0.1) is 0 Å². The van der Waals surface area contributed by atoms with Crippen molar-refractivity contribution in [2.24, 2.45) is 0 Å². The van der Waals surface area contributed by atoms with Crippen LogP contribution in [0.5, 0.6) is 0 Å². The third-order valence-electron chi connectivity index (χ3n) is 3.47. The van der Waals surface area contributed by atoms with Crippen molar-refractivity contribution in [1.82, 2.24) is 4.90 Å². The van der Waals surface area contributed by atoms with Crippen molar-refractivity contribution < 1.29 is 0 Å². The smallest absolute Gasteiger partial charge is 0.0635 e. The van der Waals surface area contributed by atoms with E-state index in [-0.39, 0.29) is 0 Å². The summed E-state index contributed by atoms with van der Waals surface area (Å²) in [5.74, 6) is 0. The minimum absolute atomic E-state index is 0.588. The number of likely N-dealkylation sites (N-methyl/N-ethyl adjacent to an activating group) is 1. The van der Waals surface area contributed by atoms with Crippen LogP contribution in [0.2, 0.25) is 0 Å². The van der Waals surface area contributed by atoms with Crippen molar-refractivity contribution in [3.05, 3.63) is 34.9 Å². The minimum Gasteiger partial charge on any atom is -0.302 e. The van der Waals surface area contributed by atoms with E-state index in [1.807, 2.05) is 0 Å². The van der Waals surface area contributed by atoms with Gasteiger partial charge >= 0.3 is 0 Å². The fourth-order valence-electron chi connectivity index (χ4n) is 2.44. The fourth-order valence-corrected chi connectivity index (χ4v) is 2.44. The van der Waals surface area contributed by atoms with Crippen LogP contribution in [0.15, 0.2) is 18.2 Å². The highest BCUT2D eigenvalue weighted by Gasteiger charge is 2.24. The summed E-state index contributed by atoms with van der Waals surface area (Å²) in [6.07, 6.45) is 2.90. The molecule has 16 heavy (non-hydrogen) atoms. The second-order valence-corrected chi connectivity index (χ2v) is 4.72. The predicted octanol–water partition coefficient (Wildman–Crippen LogP) is 2.31. The van der Waals surface area contributed by atoms with Crippen LogP contribution < -0.4 is 0 Å². The molecular weight excluding hydrogens is 196 g/mol. The summed E-state index contributed by atoms with van der Waals surface area (Å²) in [6, 6.07) is 9.54. The number of nitriles is 1. The topological polar surface area (TPSA) is 27.0 Å². The Morgan fingerprint density at radius 3 is 2.88 bits per heavy atom. The molecule has 0 amide bonds. The Morgan fingerprint density at radius 2 is 2.12 bits per heavy atom.